The number of likely N-dealkylation sites (tertiary alicyclic amines) is 1. The third-order valence-electron chi connectivity index (χ3n) is 3.94. The number of halogens is 1. The Morgan fingerprint density at radius 3 is 2.86 bits per heavy atom. The molecular formula is C15H21BrN2O3. The Bertz CT molecular complexity index is 510. The molecule has 1 amide bonds. The molecule has 0 radical (unpaired) electrons. The van der Waals surface area contributed by atoms with Gasteiger partial charge in [0.2, 0.25) is 0 Å². The highest BCUT2D eigenvalue weighted by Gasteiger charge is 2.32. The first-order valence-corrected chi connectivity index (χ1v) is 7.77. The maximum atomic E-state index is 12.8. The first-order valence-electron chi connectivity index (χ1n) is 6.98. The van der Waals surface area contributed by atoms with Crippen molar-refractivity contribution in [1.82, 2.24) is 4.90 Å². The van der Waals surface area contributed by atoms with E-state index in [9.17, 15) is 4.79 Å². The number of carbonyl (C=O) groups excluding carboxylic acids is 1. The molecule has 2 unspecified atom stereocenters. The molecule has 6 heteroatoms. The van der Waals surface area contributed by atoms with Gasteiger partial charge in [-0.3, -0.25) is 4.79 Å². The zero-order valence-electron chi connectivity index (χ0n) is 12.3. The van der Waals surface area contributed by atoms with Crippen LogP contribution >= 0.6 is 15.9 Å². The first kappa shape index (κ1) is 16.3. The van der Waals surface area contributed by atoms with Crippen LogP contribution < -0.4 is 10.5 Å². The molecule has 1 aliphatic rings. The van der Waals surface area contributed by atoms with Crippen LogP contribution in [0.3, 0.4) is 0 Å². The summed E-state index contributed by atoms with van der Waals surface area (Å²) < 4.78 is 11.4. The van der Waals surface area contributed by atoms with Crippen molar-refractivity contribution in [3.8, 4) is 5.75 Å². The SMILES string of the molecule is COc1ccc(Br)c(C(=O)N2CCC(OC)CC2CN)c1. The molecule has 0 aliphatic carbocycles. The van der Waals surface area contributed by atoms with Gasteiger partial charge in [0.05, 0.1) is 18.8 Å². The zero-order chi connectivity index (χ0) is 15.4. The predicted octanol–water partition coefficient (Wildman–Crippen LogP) is 2.04. The number of benzene rings is 1. The van der Waals surface area contributed by atoms with E-state index in [0.717, 1.165) is 17.3 Å². The fourth-order valence-corrected chi connectivity index (χ4v) is 3.09. The second-order valence-corrected chi connectivity index (χ2v) is 5.97. The monoisotopic (exact) mass is 356 g/mol. The Morgan fingerprint density at radius 2 is 2.24 bits per heavy atom. The Balaban J connectivity index is 2.22. The minimum Gasteiger partial charge on any atom is -0.497 e. The molecule has 1 aliphatic heterocycles. The number of nitrogens with two attached hydrogens (primary N) is 1. The number of rotatable bonds is 4. The van der Waals surface area contributed by atoms with Crippen molar-refractivity contribution in [1.29, 1.82) is 0 Å². The highest BCUT2D eigenvalue weighted by Crippen LogP contribution is 2.27. The second kappa shape index (κ2) is 7.24. The Hall–Kier alpha value is -1.11. The van der Waals surface area contributed by atoms with Crippen molar-refractivity contribution in [2.75, 3.05) is 27.3 Å². The Labute approximate surface area is 133 Å². The first-order chi connectivity index (χ1) is 10.1. The molecule has 116 valence electrons. The highest BCUT2D eigenvalue weighted by molar-refractivity contribution is 9.10. The lowest BCUT2D eigenvalue weighted by atomic mass is 9.98. The summed E-state index contributed by atoms with van der Waals surface area (Å²) in [6.07, 6.45) is 1.79. The third-order valence-corrected chi connectivity index (χ3v) is 4.63. The van der Waals surface area contributed by atoms with E-state index in [1.807, 2.05) is 17.0 Å². The standard InChI is InChI=1S/C15H21BrN2O3/c1-20-11-3-4-14(16)13(8-11)15(19)18-6-5-12(21-2)7-10(18)9-17/h3-4,8,10,12H,5-7,9,17H2,1-2H3. The molecule has 2 rings (SSSR count). The smallest absolute Gasteiger partial charge is 0.255 e. The van der Waals surface area contributed by atoms with Crippen molar-refractivity contribution in [3.63, 3.8) is 0 Å². The molecule has 2 atom stereocenters. The molecule has 1 heterocycles. The van der Waals surface area contributed by atoms with Crippen molar-refractivity contribution < 1.29 is 14.3 Å². The van der Waals surface area contributed by atoms with Gasteiger partial charge in [-0.1, -0.05) is 0 Å². The number of methoxy groups -OCH3 is 2. The van der Waals surface area contributed by atoms with Gasteiger partial charge in [0, 0.05) is 30.7 Å². The highest BCUT2D eigenvalue weighted by atomic mass is 79.9. The third kappa shape index (κ3) is 3.56. The van der Waals surface area contributed by atoms with Crippen molar-refractivity contribution >= 4 is 21.8 Å². The van der Waals surface area contributed by atoms with E-state index in [0.29, 0.717) is 24.4 Å². The van der Waals surface area contributed by atoms with E-state index in [-0.39, 0.29) is 18.1 Å². The summed E-state index contributed by atoms with van der Waals surface area (Å²) in [7, 11) is 3.29. The molecule has 1 aromatic carbocycles. The van der Waals surface area contributed by atoms with Crippen LogP contribution in [0.1, 0.15) is 23.2 Å². The minimum absolute atomic E-state index is 0.00861. The van der Waals surface area contributed by atoms with Gasteiger partial charge in [0.1, 0.15) is 5.75 Å². The number of nitrogens with zero attached hydrogens (tertiary/aromatic N) is 1. The van der Waals surface area contributed by atoms with Crippen LogP contribution in [0.5, 0.6) is 5.75 Å². The summed E-state index contributed by atoms with van der Waals surface area (Å²) >= 11 is 3.44. The molecule has 2 N–H and O–H groups in total. The van der Waals surface area contributed by atoms with Gasteiger partial charge in [0.15, 0.2) is 0 Å². The van der Waals surface area contributed by atoms with Crippen LogP contribution in [0.2, 0.25) is 0 Å². The van der Waals surface area contributed by atoms with Crippen LogP contribution in [0.25, 0.3) is 0 Å². The second-order valence-electron chi connectivity index (χ2n) is 5.12. The van der Waals surface area contributed by atoms with Gasteiger partial charge < -0.3 is 20.1 Å². The molecule has 5 nitrogen and oxygen atoms in total. The van der Waals surface area contributed by atoms with Gasteiger partial charge in [-0.2, -0.15) is 0 Å². The molecule has 0 saturated carbocycles. The van der Waals surface area contributed by atoms with Crippen LogP contribution in [0, 0.1) is 0 Å². The summed E-state index contributed by atoms with van der Waals surface area (Å²) in [4.78, 5) is 14.6. The maximum absolute atomic E-state index is 12.8. The molecule has 1 fully saturated rings. The topological polar surface area (TPSA) is 64.8 Å². The molecule has 1 saturated heterocycles. The normalized spacial score (nSPS) is 22.2. The predicted molar refractivity (Wildman–Crippen MR) is 84.6 cm³/mol. The number of hydrogen-bond acceptors (Lipinski definition) is 4. The van der Waals surface area contributed by atoms with Gasteiger partial charge in [-0.05, 0) is 47.0 Å². The molecule has 21 heavy (non-hydrogen) atoms. The summed E-state index contributed by atoms with van der Waals surface area (Å²) in [6.45, 7) is 1.09. The van der Waals surface area contributed by atoms with Gasteiger partial charge in [-0.15, -0.1) is 0 Å². The van der Waals surface area contributed by atoms with Crippen LogP contribution in [-0.2, 0) is 4.74 Å². The lowest BCUT2D eigenvalue weighted by molar-refractivity contribution is 0.0138. The maximum Gasteiger partial charge on any atom is 0.255 e. The average Bonchev–Trinajstić information content (AvgIpc) is 2.54. The quantitative estimate of drug-likeness (QED) is 0.896. The summed E-state index contributed by atoms with van der Waals surface area (Å²) in [5.41, 5.74) is 6.44. The largest absolute Gasteiger partial charge is 0.497 e. The van der Waals surface area contributed by atoms with Crippen molar-refractivity contribution in [3.05, 3.63) is 28.2 Å². The van der Waals surface area contributed by atoms with Crippen molar-refractivity contribution in [2.45, 2.75) is 25.0 Å². The van der Waals surface area contributed by atoms with E-state index < -0.39 is 0 Å². The number of amides is 1. The van der Waals surface area contributed by atoms with E-state index in [4.69, 9.17) is 15.2 Å². The zero-order valence-corrected chi connectivity index (χ0v) is 13.9. The Morgan fingerprint density at radius 1 is 1.48 bits per heavy atom. The van der Waals surface area contributed by atoms with Crippen LogP contribution in [-0.4, -0.2) is 50.3 Å². The molecular weight excluding hydrogens is 336 g/mol. The van der Waals surface area contributed by atoms with E-state index in [1.54, 1.807) is 20.3 Å². The number of carbonyl (C=O) groups is 1. The number of piperidine rings is 1. The van der Waals surface area contributed by atoms with Gasteiger partial charge in [-0.25, -0.2) is 0 Å². The van der Waals surface area contributed by atoms with Gasteiger partial charge >= 0.3 is 0 Å². The van der Waals surface area contributed by atoms with E-state index >= 15 is 0 Å². The summed E-state index contributed by atoms with van der Waals surface area (Å²) in [5, 5.41) is 0. The fraction of sp³-hybridized carbons (Fsp3) is 0.533. The molecule has 0 spiro atoms. The lowest BCUT2D eigenvalue weighted by Gasteiger charge is -2.38. The molecule has 0 bridgehead atoms. The fourth-order valence-electron chi connectivity index (χ4n) is 2.67. The summed E-state index contributed by atoms with van der Waals surface area (Å²) in [5.74, 6) is 0.642. The minimum atomic E-state index is -0.0224. The summed E-state index contributed by atoms with van der Waals surface area (Å²) in [6, 6.07) is 5.40. The Kier molecular flexibility index (Phi) is 5.61. The van der Waals surface area contributed by atoms with Crippen LogP contribution in [0.15, 0.2) is 22.7 Å². The molecule has 1 aromatic rings. The lowest BCUT2D eigenvalue weighted by Crippen LogP contribution is -2.51. The molecule has 0 aromatic heterocycles. The van der Waals surface area contributed by atoms with Gasteiger partial charge in [0.25, 0.3) is 5.91 Å². The van der Waals surface area contributed by atoms with E-state index in [1.165, 1.54) is 0 Å². The van der Waals surface area contributed by atoms with Crippen LogP contribution in [0.4, 0.5) is 0 Å². The van der Waals surface area contributed by atoms with E-state index in [2.05, 4.69) is 15.9 Å². The number of ether oxygens (including phenoxy) is 2. The van der Waals surface area contributed by atoms with Crippen molar-refractivity contribution in [2.24, 2.45) is 5.73 Å². The number of hydrogen-bond donors (Lipinski definition) is 1. The average molecular weight is 357 g/mol.